The molecule has 0 N–H and O–H groups in total. The Morgan fingerprint density at radius 2 is 2.05 bits per heavy atom. The monoisotopic (exact) mass is 290 g/mol. The fourth-order valence-electron chi connectivity index (χ4n) is 3.69. The molecular weight excluding hydrogens is 264 g/mol. The number of nitrogens with zero attached hydrogens (tertiary/aromatic N) is 2. The Balaban J connectivity index is 1.58. The van der Waals surface area contributed by atoms with E-state index in [1.54, 1.807) is 0 Å². The standard InChI is InChI=1S/C17H26N2O2/c1-18-13-15(17(20)19-9-11-21-12-10-19)7-8-16(18)14-5-3-2-4-6-14/h3,5-6,15-16H,2,4,7-13H2,1H3. The fourth-order valence-corrected chi connectivity index (χ4v) is 3.69. The van der Waals surface area contributed by atoms with Gasteiger partial charge in [0.25, 0.3) is 0 Å². The quantitative estimate of drug-likeness (QED) is 0.778. The summed E-state index contributed by atoms with van der Waals surface area (Å²) in [7, 11) is 2.16. The van der Waals surface area contributed by atoms with Crippen LogP contribution in [0.4, 0.5) is 0 Å². The highest BCUT2D eigenvalue weighted by atomic mass is 16.5. The Bertz CT molecular complexity index is 438. The minimum absolute atomic E-state index is 0.164. The summed E-state index contributed by atoms with van der Waals surface area (Å²) >= 11 is 0. The van der Waals surface area contributed by atoms with Crippen molar-refractivity contribution in [3.05, 3.63) is 23.8 Å². The number of hydrogen-bond donors (Lipinski definition) is 0. The average molecular weight is 290 g/mol. The molecule has 3 aliphatic rings. The number of morpholine rings is 1. The number of ether oxygens (including phenoxy) is 1. The molecule has 0 aromatic carbocycles. The van der Waals surface area contributed by atoms with Gasteiger partial charge in [-0.1, -0.05) is 18.2 Å². The first-order chi connectivity index (χ1) is 10.3. The molecule has 0 aromatic rings. The predicted molar refractivity (Wildman–Crippen MR) is 83.0 cm³/mol. The van der Waals surface area contributed by atoms with E-state index in [4.69, 9.17) is 4.74 Å². The molecule has 0 aromatic heterocycles. The number of carbonyl (C=O) groups excluding carboxylic acids is 1. The van der Waals surface area contributed by atoms with Gasteiger partial charge in [-0.3, -0.25) is 9.69 Å². The lowest BCUT2D eigenvalue weighted by Crippen LogP contribution is -2.50. The van der Waals surface area contributed by atoms with Crippen molar-refractivity contribution in [2.75, 3.05) is 39.9 Å². The van der Waals surface area contributed by atoms with Gasteiger partial charge in [-0.05, 0) is 38.3 Å². The van der Waals surface area contributed by atoms with E-state index in [1.807, 2.05) is 4.90 Å². The Hall–Kier alpha value is -1.13. The third-order valence-electron chi connectivity index (χ3n) is 4.91. The van der Waals surface area contributed by atoms with E-state index >= 15 is 0 Å². The minimum Gasteiger partial charge on any atom is -0.378 e. The summed E-state index contributed by atoms with van der Waals surface area (Å²) in [6, 6.07) is 0.496. The highest BCUT2D eigenvalue weighted by Gasteiger charge is 2.33. The van der Waals surface area contributed by atoms with E-state index in [-0.39, 0.29) is 5.92 Å². The summed E-state index contributed by atoms with van der Waals surface area (Å²) in [4.78, 5) is 17.0. The molecule has 2 saturated heterocycles. The zero-order valence-corrected chi connectivity index (χ0v) is 13.0. The SMILES string of the molecule is CN1CC(C(=O)N2CCOCC2)CCC1C1=CCCC=C1. The molecule has 1 aliphatic carbocycles. The molecule has 0 radical (unpaired) electrons. The van der Waals surface area contributed by atoms with Gasteiger partial charge in [0, 0.05) is 25.7 Å². The molecule has 116 valence electrons. The maximum atomic E-state index is 12.6. The Morgan fingerprint density at radius 1 is 1.24 bits per heavy atom. The van der Waals surface area contributed by atoms with E-state index in [9.17, 15) is 4.79 Å². The van der Waals surface area contributed by atoms with Crippen molar-refractivity contribution in [1.82, 2.24) is 9.80 Å². The molecule has 3 rings (SSSR count). The van der Waals surface area contributed by atoms with Gasteiger partial charge in [0.2, 0.25) is 5.91 Å². The second-order valence-electron chi connectivity index (χ2n) is 6.35. The average Bonchev–Trinajstić information content (AvgIpc) is 2.55. The van der Waals surface area contributed by atoms with Crippen LogP contribution in [0.1, 0.15) is 25.7 Å². The third-order valence-corrected chi connectivity index (χ3v) is 4.91. The Labute approximate surface area is 127 Å². The van der Waals surface area contributed by atoms with Gasteiger partial charge in [0.05, 0.1) is 19.1 Å². The van der Waals surface area contributed by atoms with Gasteiger partial charge in [-0.15, -0.1) is 0 Å². The smallest absolute Gasteiger partial charge is 0.227 e. The highest BCUT2D eigenvalue weighted by Crippen LogP contribution is 2.29. The summed E-state index contributed by atoms with van der Waals surface area (Å²) < 4.78 is 5.34. The van der Waals surface area contributed by atoms with E-state index in [1.165, 1.54) is 5.57 Å². The van der Waals surface area contributed by atoms with Crippen LogP contribution < -0.4 is 0 Å². The molecule has 2 fully saturated rings. The van der Waals surface area contributed by atoms with Crippen molar-refractivity contribution >= 4 is 5.91 Å². The van der Waals surface area contributed by atoms with E-state index in [2.05, 4.69) is 30.2 Å². The summed E-state index contributed by atoms with van der Waals surface area (Å²) in [6.45, 7) is 3.78. The number of rotatable bonds is 2. The normalized spacial score (nSPS) is 31.1. The lowest BCUT2D eigenvalue weighted by atomic mass is 9.86. The first kappa shape index (κ1) is 14.8. The van der Waals surface area contributed by atoms with Crippen LogP contribution in [-0.4, -0.2) is 61.6 Å². The van der Waals surface area contributed by atoms with Crippen LogP contribution in [0.3, 0.4) is 0 Å². The fraction of sp³-hybridized carbons (Fsp3) is 0.706. The topological polar surface area (TPSA) is 32.8 Å². The first-order valence-corrected chi connectivity index (χ1v) is 8.19. The van der Waals surface area contributed by atoms with E-state index < -0.39 is 0 Å². The summed E-state index contributed by atoms with van der Waals surface area (Å²) in [6.07, 6.45) is 11.3. The summed E-state index contributed by atoms with van der Waals surface area (Å²) in [5.41, 5.74) is 1.45. The maximum Gasteiger partial charge on any atom is 0.227 e. The number of likely N-dealkylation sites (tertiary alicyclic amines) is 1. The number of amides is 1. The van der Waals surface area contributed by atoms with Crippen LogP contribution in [0, 0.1) is 5.92 Å². The third kappa shape index (κ3) is 3.38. The van der Waals surface area contributed by atoms with Crippen molar-refractivity contribution in [1.29, 1.82) is 0 Å². The van der Waals surface area contributed by atoms with Gasteiger partial charge in [0.15, 0.2) is 0 Å². The largest absolute Gasteiger partial charge is 0.378 e. The molecule has 0 saturated carbocycles. The second kappa shape index (κ2) is 6.75. The van der Waals surface area contributed by atoms with Crippen molar-refractivity contribution in [3.63, 3.8) is 0 Å². The zero-order valence-electron chi connectivity index (χ0n) is 13.0. The predicted octanol–water partition coefficient (Wildman–Crippen LogP) is 1.83. The van der Waals surface area contributed by atoms with Gasteiger partial charge < -0.3 is 9.64 Å². The van der Waals surface area contributed by atoms with Crippen LogP contribution in [0.5, 0.6) is 0 Å². The van der Waals surface area contributed by atoms with Crippen molar-refractivity contribution < 1.29 is 9.53 Å². The molecule has 2 atom stereocenters. The molecule has 4 nitrogen and oxygen atoms in total. The molecule has 2 aliphatic heterocycles. The summed E-state index contributed by atoms with van der Waals surface area (Å²) in [5.74, 6) is 0.495. The Morgan fingerprint density at radius 3 is 2.71 bits per heavy atom. The first-order valence-electron chi connectivity index (χ1n) is 8.19. The number of allylic oxidation sites excluding steroid dienone is 2. The van der Waals surface area contributed by atoms with Crippen molar-refractivity contribution in [3.8, 4) is 0 Å². The van der Waals surface area contributed by atoms with Gasteiger partial charge in [-0.2, -0.15) is 0 Å². The van der Waals surface area contributed by atoms with Gasteiger partial charge in [0.1, 0.15) is 0 Å². The second-order valence-corrected chi connectivity index (χ2v) is 6.35. The van der Waals surface area contributed by atoms with Crippen LogP contribution in [0.25, 0.3) is 0 Å². The van der Waals surface area contributed by atoms with Crippen molar-refractivity contribution in [2.45, 2.75) is 31.7 Å². The number of carbonyl (C=O) groups is 1. The van der Waals surface area contributed by atoms with Crippen molar-refractivity contribution in [2.24, 2.45) is 5.92 Å². The lowest BCUT2D eigenvalue weighted by Gasteiger charge is -2.40. The van der Waals surface area contributed by atoms with Crippen LogP contribution in [-0.2, 0) is 9.53 Å². The molecule has 2 unspecified atom stereocenters. The number of likely N-dealkylation sites (N-methyl/N-ethyl adjacent to an activating group) is 1. The van der Waals surface area contributed by atoms with E-state index in [0.717, 1.165) is 45.3 Å². The molecule has 1 amide bonds. The lowest BCUT2D eigenvalue weighted by molar-refractivity contribution is -0.141. The number of piperidine rings is 1. The molecule has 21 heavy (non-hydrogen) atoms. The molecule has 2 heterocycles. The molecular formula is C17H26N2O2. The minimum atomic E-state index is 0.164. The van der Waals surface area contributed by atoms with E-state index in [0.29, 0.717) is 25.2 Å². The maximum absolute atomic E-state index is 12.6. The molecule has 0 spiro atoms. The number of hydrogen-bond acceptors (Lipinski definition) is 3. The molecule has 4 heteroatoms. The van der Waals surface area contributed by atoms with Crippen LogP contribution in [0.15, 0.2) is 23.8 Å². The van der Waals surface area contributed by atoms with Gasteiger partial charge >= 0.3 is 0 Å². The Kier molecular flexibility index (Phi) is 4.76. The van der Waals surface area contributed by atoms with Crippen LogP contribution in [0.2, 0.25) is 0 Å². The van der Waals surface area contributed by atoms with Crippen LogP contribution >= 0.6 is 0 Å². The molecule has 0 bridgehead atoms. The highest BCUT2D eigenvalue weighted by molar-refractivity contribution is 5.79. The zero-order chi connectivity index (χ0) is 14.7. The summed E-state index contributed by atoms with van der Waals surface area (Å²) in [5, 5.41) is 0. The van der Waals surface area contributed by atoms with Gasteiger partial charge in [-0.25, -0.2) is 0 Å².